The average Bonchev–Trinajstić information content (AvgIpc) is 2.39. The fraction of sp³-hybridized carbons (Fsp3) is 0.154. The fourth-order valence-corrected chi connectivity index (χ4v) is 1.80. The molecule has 0 aliphatic carbocycles. The van der Waals surface area contributed by atoms with Crippen molar-refractivity contribution < 1.29 is 4.74 Å². The zero-order valence-electron chi connectivity index (χ0n) is 9.70. The fourth-order valence-electron chi connectivity index (χ4n) is 1.64. The van der Waals surface area contributed by atoms with Gasteiger partial charge in [-0.2, -0.15) is 0 Å². The summed E-state index contributed by atoms with van der Waals surface area (Å²) < 4.78 is 5.13. The standard InChI is InChI=1S/C13H13ClN2O/c1-15-12-7-13(14)16-8-11(12)9-3-5-10(17-2)6-4-9/h3-8H,1-2H3,(H,15,16). The zero-order valence-corrected chi connectivity index (χ0v) is 10.5. The Morgan fingerprint density at radius 3 is 2.53 bits per heavy atom. The Morgan fingerprint density at radius 1 is 1.24 bits per heavy atom. The van der Waals surface area contributed by atoms with Gasteiger partial charge in [-0.3, -0.25) is 0 Å². The van der Waals surface area contributed by atoms with Gasteiger partial charge in [0.15, 0.2) is 0 Å². The van der Waals surface area contributed by atoms with Crippen LogP contribution in [0.25, 0.3) is 11.1 Å². The summed E-state index contributed by atoms with van der Waals surface area (Å²) in [4.78, 5) is 4.10. The summed E-state index contributed by atoms with van der Waals surface area (Å²) in [5.41, 5.74) is 3.04. The smallest absolute Gasteiger partial charge is 0.131 e. The van der Waals surface area contributed by atoms with Crippen LogP contribution in [-0.4, -0.2) is 19.1 Å². The SMILES string of the molecule is CNc1cc(Cl)ncc1-c1ccc(OC)cc1. The lowest BCUT2D eigenvalue weighted by molar-refractivity contribution is 0.415. The topological polar surface area (TPSA) is 34.2 Å². The number of rotatable bonds is 3. The van der Waals surface area contributed by atoms with Crippen LogP contribution >= 0.6 is 11.6 Å². The van der Waals surface area contributed by atoms with E-state index in [9.17, 15) is 0 Å². The van der Waals surface area contributed by atoms with Gasteiger partial charge in [0.1, 0.15) is 10.9 Å². The van der Waals surface area contributed by atoms with Crippen LogP contribution in [0.5, 0.6) is 5.75 Å². The minimum absolute atomic E-state index is 0.478. The summed E-state index contributed by atoms with van der Waals surface area (Å²) in [6.45, 7) is 0. The largest absolute Gasteiger partial charge is 0.497 e. The Morgan fingerprint density at radius 2 is 1.94 bits per heavy atom. The van der Waals surface area contributed by atoms with Gasteiger partial charge in [0.05, 0.1) is 7.11 Å². The van der Waals surface area contributed by atoms with Gasteiger partial charge in [0.2, 0.25) is 0 Å². The van der Waals surface area contributed by atoms with Gasteiger partial charge < -0.3 is 10.1 Å². The number of anilines is 1. The highest BCUT2D eigenvalue weighted by atomic mass is 35.5. The molecule has 0 unspecified atom stereocenters. The van der Waals surface area contributed by atoms with Gasteiger partial charge in [-0.05, 0) is 23.8 Å². The molecule has 0 bridgehead atoms. The normalized spacial score (nSPS) is 10.1. The highest BCUT2D eigenvalue weighted by molar-refractivity contribution is 6.29. The minimum atomic E-state index is 0.478. The number of nitrogens with zero attached hydrogens (tertiary/aromatic N) is 1. The number of hydrogen-bond donors (Lipinski definition) is 1. The molecule has 4 heteroatoms. The average molecular weight is 249 g/mol. The highest BCUT2D eigenvalue weighted by Crippen LogP contribution is 2.29. The molecule has 17 heavy (non-hydrogen) atoms. The maximum atomic E-state index is 5.86. The van der Waals surface area contributed by atoms with E-state index in [4.69, 9.17) is 16.3 Å². The quantitative estimate of drug-likeness (QED) is 0.845. The third-order valence-electron chi connectivity index (χ3n) is 2.54. The van der Waals surface area contributed by atoms with Crippen molar-refractivity contribution in [3.05, 3.63) is 41.7 Å². The maximum absolute atomic E-state index is 5.86. The van der Waals surface area contributed by atoms with E-state index in [1.165, 1.54) is 0 Å². The van der Waals surface area contributed by atoms with Crippen molar-refractivity contribution in [2.24, 2.45) is 0 Å². The third-order valence-corrected chi connectivity index (χ3v) is 2.75. The van der Waals surface area contributed by atoms with Crippen LogP contribution in [-0.2, 0) is 0 Å². The molecule has 0 fully saturated rings. The van der Waals surface area contributed by atoms with Crippen molar-refractivity contribution in [1.82, 2.24) is 4.98 Å². The molecule has 0 saturated carbocycles. The Hall–Kier alpha value is -1.74. The second kappa shape index (κ2) is 5.06. The van der Waals surface area contributed by atoms with Crippen LogP contribution in [0, 0.1) is 0 Å². The zero-order chi connectivity index (χ0) is 12.3. The van der Waals surface area contributed by atoms with Gasteiger partial charge in [-0.15, -0.1) is 0 Å². The molecule has 2 rings (SSSR count). The molecule has 0 spiro atoms. The molecule has 0 aliphatic heterocycles. The van der Waals surface area contributed by atoms with E-state index in [1.807, 2.05) is 31.3 Å². The molecule has 88 valence electrons. The van der Waals surface area contributed by atoms with E-state index in [0.717, 1.165) is 22.6 Å². The number of halogens is 1. The second-order valence-corrected chi connectivity index (χ2v) is 3.92. The van der Waals surface area contributed by atoms with E-state index < -0.39 is 0 Å². The molecule has 2 aromatic rings. The molecule has 1 aromatic carbocycles. The first-order valence-electron chi connectivity index (χ1n) is 5.22. The van der Waals surface area contributed by atoms with E-state index >= 15 is 0 Å². The maximum Gasteiger partial charge on any atom is 0.131 e. The van der Waals surface area contributed by atoms with Gasteiger partial charge in [-0.1, -0.05) is 23.7 Å². The molecule has 0 saturated heterocycles. The molecule has 3 nitrogen and oxygen atoms in total. The predicted octanol–water partition coefficient (Wildman–Crippen LogP) is 3.45. The van der Waals surface area contributed by atoms with Crippen molar-refractivity contribution in [1.29, 1.82) is 0 Å². The first-order chi connectivity index (χ1) is 8.24. The molecule has 0 aliphatic rings. The molecule has 1 heterocycles. The highest BCUT2D eigenvalue weighted by Gasteiger charge is 2.05. The van der Waals surface area contributed by atoms with Gasteiger partial charge in [-0.25, -0.2) is 4.98 Å². The summed E-state index contributed by atoms with van der Waals surface area (Å²) >= 11 is 5.86. The van der Waals surface area contributed by atoms with Crippen LogP contribution in [0.1, 0.15) is 0 Å². The van der Waals surface area contributed by atoms with E-state index in [0.29, 0.717) is 5.15 Å². The summed E-state index contributed by atoms with van der Waals surface area (Å²) in [6.07, 6.45) is 1.76. The summed E-state index contributed by atoms with van der Waals surface area (Å²) in [6, 6.07) is 9.63. The Kier molecular flexibility index (Phi) is 3.49. The van der Waals surface area contributed by atoms with E-state index in [2.05, 4.69) is 10.3 Å². The molecular weight excluding hydrogens is 236 g/mol. The molecular formula is C13H13ClN2O. The number of benzene rings is 1. The monoisotopic (exact) mass is 248 g/mol. The third kappa shape index (κ3) is 2.50. The van der Waals surface area contributed by atoms with Crippen LogP contribution < -0.4 is 10.1 Å². The van der Waals surface area contributed by atoms with Crippen molar-refractivity contribution in [3.63, 3.8) is 0 Å². The second-order valence-electron chi connectivity index (χ2n) is 3.53. The van der Waals surface area contributed by atoms with Crippen LogP contribution in [0.3, 0.4) is 0 Å². The van der Waals surface area contributed by atoms with Crippen LogP contribution in [0.15, 0.2) is 36.5 Å². The van der Waals surface area contributed by atoms with Crippen molar-refractivity contribution in [2.45, 2.75) is 0 Å². The lowest BCUT2D eigenvalue weighted by Crippen LogP contribution is -1.93. The minimum Gasteiger partial charge on any atom is -0.497 e. The molecule has 1 N–H and O–H groups in total. The lowest BCUT2D eigenvalue weighted by Gasteiger charge is -2.09. The number of aromatic nitrogens is 1. The van der Waals surface area contributed by atoms with Crippen LogP contribution in [0.4, 0.5) is 5.69 Å². The Labute approximate surface area is 105 Å². The van der Waals surface area contributed by atoms with Gasteiger partial charge >= 0.3 is 0 Å². The molecule has 1 aromatic heterocycles. The van der Waals surface area contributed by atoms with Crippen LogP contribution in [0.2, 0.25) is 5.15 Å². The number of pyridine rings is 1. The lowest BCUT2D eigenvalue weighted by atomic mass is 10.1. The van der Waals surface area contributed by atoms with Gasteiger partial charge in [0.25, 0.3) is 0 Å². The van der Waals surface area contributed by atoms with Crippen molar-refractivity contribution >= 4 is 17.3 Å². The Balaban J connectivity index is 2.44. The van der Waals surface area contributed by atoms with Crippen molar-refractivity contribution in [2.75, 3.05) is 19.5 Å². The van der Waals surface area contributed by atoms with E-state index in [-0.39, 0.29) is 0 Å². The first-order valence-corrected chi connectivity index (χ1v) is 5.60. The Bertz CT molecular complexity index is 511. The summed E-state index contributed by atoms with van der Waals surface area (Å²) in [7, 11) is 3.51. The van der Waals surface area contributed by atoms with E-state index in [1.54, 1.807) is 19.4 Å². The number of nitrogens with one attached hydrogen (secondary N) is 1. The van der Waals surface area contributed by atoms with Gasteiger partial charge in [0, 0.05) is 24.5 Å². The van der Waals surface area contributed by atoms with Crippen molar-refractivity contribution in [3.8, 4) is 16.9 Å². The predicted molar refractivity (Wildman–Crippen MR) is 70.8 cm³/mol. The number of methoxy groups -OCH3 is 1. The summed E-state index contributed by atoms with van der Waals surface area (Å²) in [5.74, 6) is 0.835. The summed E-state index contributed by atoms with van der Waals surface area (Å²) in [5, 5.41) is 3.59. The molecule has 0 atom stereocenters. The number of hydrogen-bond acceptors (Lipinski definition) is 3. The first kappa shape index (κ1) is 11.7. The molecule has 0 radical (unpaired) electrons. The number of ether oxygens (including phenoxy) is 1. The molecule has 0 amide bonds.